The Kier molecular flexibility index (Phi) is 7.61. The molecule has 1 unspecified atom stereocenters. The van der Waals surface area contributed by atoms with Gasteiger partial charge >= 0.3 is 0 Å². The summed E-state index contributed by atoms with van der Waals surface area (Å²) in [5, 5.41) is 3.23. The maximum absolute atomic E-state index is 13.0. The van der Waals surface area contributed by atoms with Gasteiger partial charge in [0.1, 0.15) is 5.75 Å². The molecular formula is C14H22BrClN2O3S. The molecule has 0 aliphatic carbocycles. The first-order valence-corrected chi connectivity index (χ1v) is 9.30. The van der Waals surface area contributed by atoms with Crippen LogP contribution in [0.15, 0.2) is 27.6 Å². The topological polar surface area (TPSA) is 58.6 Å². The third kappa shape index (κ3) is 4.14. The van der Waals surface area contributed by atoms with Crippen LogP contribution in [-0.4, -0.2) is 45.5 Å². The van der Waals surface area contributed by atoms with Gasteiger partial charge in [-0.05, 0) is 53.5 Å². The molecule has 1 heterocycles. The molecule has 22 heavy (non-hydrogen) atoms. The second-order valence-corrected chi connectivity index (χ2v) is 7.77. The van der Waals surface area contributed by atoms with Crippen molar-refractivity contribution in [2.45, 2.75) is 30.7 Å². The Balaban J connectivity index is 0.00000242. The van der Waals surface area contributed by atoms with Gasteiger partial charge in [-0.15, -0.1) is 12.4 Å². The number of hydrogen-bond donors (Lipinski definition) is 1. The number of hydrogen-bond acceptors (Lipinski definition) is 4. The minimum Gasteiger partial charge on any atom is -0.497 e. The highest BCUT2D eigenvalue weighted by Crippen LogP contribution is 2.30. The lowest BCUT2D eigenvalue weighted by Gasteiger charge is -2.27. The van der Waals surface area contributed by atoms with Crippen molar-refractivity contribution in [1.82, 2.24) is 9.62 Å². The normalized spacial score (nSPS) is 18.3. The quantitative estimate of drug-likeness (QED) is 0.779. The third-order valence-electron chi connectivity index (χ3n) is 3.61. The molecule has 0 spiro atoms. The Morgan fingerprint density at radius 1 is 1.45 bits per heavy atom. The SMILES string of the molecule is CCCN(C1CCNC1)S(=O)(=O)c1ccc(OC)cc1Br.Cl. The molecular weight excluding hydrogens is 392 g/mol. The highest BCUT2D eigenvalue weighted by Gasteiger charge is 2.33. The van der Waals surface area contributed by atoms with Crippen LogP contribution >= 0.6 is 28.3 Å². The zero-order valence-electron chi connectivity index (χ0n) is 12.7. The van der Waals surface area contributed by atoms with E-state index in [-0.39, 0.29) is 18.4 Å². The Hall–Kier alpha value is -0.340. The van der Waals surface area contributed by atoms with Crippen molar-refractivity contribution in [3.05, 3.63) is 22.7 Å². The molecule has 1 aliphatic rings. The Bertz CT molecular complexity index is 592. The van der Waals surface area contributed by atoms with E-state index in [1.54, 1.807) is 29.6 Å². The molecule has 126 valence electrons. The van der Waals surface area contributed by atoms with Crippen molar-refractivity contribution < 1.29 is 13.2 Å². The summed E-state index contributed by atoms with van der Waals surface area (Å²) in [7, 11) is -1.95. The molecule has 1 N–H and O–H groups in total. The highest BCUT2D eigenvalue weighted by molar-refractivity contribution is 9.10. The van der Waals surface area contributed by atoms with E-state index >= 15 is 0 Å². The average Bonchev–Trinajstić information content (AvgIpc) is 2.97. The van der Waals surface area contributed by atoms with Crippen LogP contribution in [0, 0.1) is 0 Å². The summed E-state index contributed by atoms with van der Waals surface area (Å²) >= 11 is 3.35. The smallest absolute Gasteiger partial charge is 0.244 e. The molecule has 0 radical (unpaired) electrons. The van der Waals surface area contributed by atoms with Crippen LogP contribution in [0.3, 0.4) is 0 Å². The number of rotatable bonds is 6. The molecule has 1 aromatic carbocycles. The first-order valence-electron chi connectivity index (χ1n) is 7.06. The lowest BCUT2D eigenvalue weighted by atomic mass is 10.2. The first-order chi connectivity index (χ1) is 10.0. The van der Waals surface area contributed by atoms with Crippen molar-refractivity contribution in [2.75, 3.05) is 26.7 Å². The van der Waals surface area contributed by atoms with Gasteiger partial charge in [0.2, 0.25) is 10.0 Å². The van der Waals surface area contributed by atoms with Crippen LogP contribution in [0.2, 0.25) is 0 Å². The van der Waals surface area contributed by atoms with Crippen molar-refractivity contribution in [1.29, 1.82) is 0 Å². The molecule has 2 rings (SSSR count). The Morgan fingerprint density at radius 3 is 2.68 bits per heavy atom. The molecule has 0 saturated carbocycles. The summed E-state index contributed by atoms with van der Waals surface area (Å²) in [6, 6.07) is 4.99. The first kappa shape index (κ1) is 19.7. The van der Waals surface area contributed by atoms with Gasteiger partial charge in [0.05, 0.1) is 12.0 Å². The maximum Gasteiger partial charge on any atom is 0.244 e. The number of ether oxygens (including phenoxy) is 1. The molecule has 5 nitrogen and oxygen atoms in total. The molecule has 1 fully saturated rings. The number of benzene rings is 1. The van der Waals surface area contributed by atoms with E-state index < -0.39 is 10.0 Å². The van der Waals surface area contributed by atoms with E-state index in [9.17, 15) is 8.42 Å². The summed E-state index contributed by atoms with van der Waals surface area (Å²) in [6.45, 7) is 4.11. The third-order valence-corrected chi connectivity index (χ3v) is 6.54. The Labute approximate surface area is 147 Å². The molecule has 1 aromatic rings. The molecule has 1 atom stereocenters. The molecule has 0 amide bonds. The Morgan fingerprint density at radius 2 is 2.18 bits per heavy atom. The van der Waals surface area contributed by atoms with E-state index in [4.69, 9.17) is 4.74 Å². The van der Waals surface area contributed by atoms with E-state index in [0.29, 0.717) is 28.2 Å². The van der Waals surface area contributed by atoms with Gasteiger partial charge in [0, 0.05) is 23.6 Å². The predicted octanol–water partition coefficient (Wildman–Crippen LogP) is 2.64. The van der Waals surface area contributed by atoms with Gasteiger partial charge in [-0.2, -0.15) is 4.31 Å². The fraction of sp³-hybridized carbons (Fsp3) is 0.571. The highest BCUT2D eigenvalue weighted by atomic mass is 79.9. The van der Waals surface area contributed by atoms with E-state index in [1.165, 1.54) is 0 Å². The van der Waals surface area contributed by atoms with Crippen molar-refractivity contribution in [2.24, 2.45) is 0 Å². The van der Waals surface area contributed by atoms with Gasteiger partial charge in [0.15, 0.2) is 0 Å². The molecule has 1 aliphatic heterocycles. The number of nitrogens with zero attached hydrogens (tertiary/aromatic N) is 1. The predicted molar refractivity (Wildman–Crippen MR) is 93.4 cm³/mol. The van der Waals surface area contributed by atoms with Crippen LogP contribution < -0.4 is 10.1 Å². The van der Waals surface area contributed by atoms with Gasteiger partial charge in [0.25, 0.3) is 0 Å². The summed E-state index contributed by atoms with van der Waals surface area (Å²) < 4.78 is 33.2. The van der Waals surface area contributed by atoms with Crippen molar-refractivity contribution >= 4 is 38.4 Å². The lowest BCUT2D eigenvalue weighted by Crippen LogP contribution is -2.42. The van der Waals surface area contributed by atoms with Crippen molar-refractivity contribution in [3.8, 4) is 5.75 Å². The minimum atomic E-state index is -3.51. The van der Waals surface area contributed by atoms with Crippen LogP contribution in [0.4, 0.5) is 0 Å². The summed E-state index contributed by atoms with van der Waals surface area (Å²) in [5.41, 5.74) is 0. The van der Waals surface area contributed by atoms with Crippen LogP contribution in [0.5, 0.6) is 5.75 Å². The zero-order valence-corrected chi connectivity index (χ0v) is 15.9. The van der Waals surface area contributed by atoms with Crippen LogP contribution in [0.25, 0.3) is 0 Å². The molecule has 0 bridgehead atoms. The van der Waals surface area contributed by atoms with Gasteiger partial charge in [-0.1, -0.05) is 6.92 Å². The molecule has 8 heteroatoms. The molecule has 0 aromatic heterocycles. The number of methoxy groups -OCH3 is 1. The lowest BCUT2D eigenvalue weighted by molar-refractivity contribution is 0.335. The van der Waals surface area contributed by atoms with Crippen LogP contribution in [-0.2, 0) is 10.0 Å². The van der Waals surface area contributed by atoms with Crippen molar-refractivity contribution in [3.63, 3.8) is 0 Å². The fourth-order valence-electron chi connectivity index (χ4n) is 2.55. The number of halogens is 2. The fourth-order valence-corrected chi connectivity index (χ4v) is 5.31. The monoisotopic (exact) mass is 412 g/mol. The largest absolute Gasteiger partial charge is 0.497 e. The van der Waals surface area contributed by atoms with Gasteiger partial charge in [-0.3, -0.25) is 0 Å². The van der Waals surface area contributed by atoms with E-state index in [1.807, 2.05) is 6.92 Å². The van der Waals surface area contributed by atoms with E-state index in [2.05, 4.69) is 21.2 Å². The zero-order chi connectivity index (χ0) is 15.5. The summed E-state index contributed by atoms with van der Waals surface area (Å²) in [5.74, 6) is 0.630. The number of nitrogens with one attached hydrogen (secondary N) is 1. The second-order valence-electron chi connectivity index (χ2n) is 5.06. The maximum atomic E-state index is 13.0. The molecule has 1 saturated heterocycles. The second kappa shape index (κ2) is 8.49. The summed E-state index contributed by atoms with van der Waals surface area (Å²) in [4.78, 5) is 0.295. The standard InChI is InChI=1S/C14H21BrN2O3S.ClH/c1-3-8-17(11-6-7-16-10-11)21(18,19)14-5-4-12(20-2)9-13(14)15;/h4-5,9,11,16H,3,6-8,10H2,1-2H3;1H. The van der Waals surface area contributed by atoms with Crippen LogP contribution in [0.1, 0.15) is 19.8 Å². The number of sulfonamides is 1. The van der Waals surface area contributed by atoms with E-state index in [0.717, 1.165) is 19.4 Å². The average molecular weight is 414 g/mol. The van der Waals surface area contributed by atoms with Gasteiger partial charge < -0.3 is 10.1 Å². The summed E-state index contributed by atoms with van der Waals surface area (Å²) in [6.07, 6.45) is 1.65. The minimum absolute atomic E-state index is 0. The van der Waals surface area contributed by atoms with Gasteiger partial charge in [-0.25, -0.2) is 8.42 Å².